The lowest BCUT2D eigenvalue weighted by Crippen LogP contribution is -1.76. The van der Waals surface area contributed by atoms with Gasteiger partial charge in [-0.05, 0) is 17.5 Å². The Hall–Kier alpha value is -1.04. The molecule has 2 rings (SSSR count). The summed E-state index contributed by atoms with van der Waals surface area (Å²) in [5.41, 5.74) is 1.32. The van der Waals surface area contributed by atoms with Crippen molar-refractivity contribution in [1.82, 2.24) is 0 Å². The Kier molecular flexibility index (Phi) is 0.518. The molecule has 9 heavy (non-hydrogen) atoms. The van der Waals surface area contributed by atoms with Gasteiger partial charge in [-0.1, -0.05) is 36.4 Å². The molecule has 1 aliphatic rings. The van der Waals surface area contributed by atoms with Crippen LogP contribution in [0, 0.1) is 0 Å². The van der Waals surface area contributed by atoms with Gasteiger partial charge in [0.1, 0.15) is 0 Å². The van der Waals surface area contributed by atoms with Crippen LogP contribution in [0.5, 0.6) is 0 Å². The molecule has 44 valence electrons. The second-order valence-electron chi connectivity index (χ2n) is 1.98. The van der Waals surface area contributed by atoms with E-state index in [0.29, 0.717) is 11.1 Å². The van der Waals surface area contributed by atoms with Crippen LogP contribution in [-0.4, -0.2) is 0 Å². The predicted octanol–water partition coefficient (Wildman–Crippen LogP) is 2.26. The van der Waals surface area contributed by atoms with Crippen LogP contribution < -0.4 is 0 Å². The Morgan fingerprint density at radius 3 is 3.22 bits per heavy atom. The van der Waals surface area contributed by atoms with E-state index in [9.17, 15) is 0 Å². The Morgan fingerprint density at radius 2 is 2.33 bits per heavy atom. The molecule has 0 heteroatoms. The fourth-order valence-corrected chi connectivity index (χ4v) is 0.926. The van der Waals surface area contributed by atoms with Gasteiger partial charge in [0, 0.05) is 2.74 Å². The first kappa shape index (κ1) is 2.70. The standard InChI is InChI=1S/C9H8/c1-2-5-9-7-3-6-8(9)4-1/h1-6H,7H2/i6D,7D2. The minimum atomic E-state index is -1.45. The number of rotatable bonds is 0. The first-order valence-electron chi connectivity index (χ1n) is 4.40. The molecule has 0 bridgehead atoms. The Morgan fingerprint density at radius 1 is 1.44 bits per heavy atom. The zero-order chi connectivity index (χ0) is 8.77. The maximum absolute atomic E-state index is 7.57. The summed E-state index contributed by atoms with van der Waals surface area (Å²) in [7, 11) is 0. The molecule has 1 aliphatic carbocycles. The molecule has 0 aromatic heterocycles. The maximum atomic E-state index is 7.57. The third-order valence-electron chi connectivity index (χ3n) is 1.38. The first-order valence-corrected chi connectivity index (χ1v) is 2.90. The van der Waals surface area contributed by atoms with Gasteiger partial charge in [0.15, 0.2) is 0 Å². The second kappa shape index (κ2) is 1.73. The monoisotopic (exact) mass is 119 g/mol. The normalized spacial score (nSPS) is 25.3. The molecule has 0 fully saturated rings. The SMILES string of the molecule is [2H]C1=CC([2H])([2H])c2ccccc21. The van der Waals surface area contributed by atoms with Crippen LogP contribution in [0.1, 0.15) is 15.2 Å². The summed E-state index contributed by atoms with van der Waals surface area (Å²) in [4.78, 5) is 0. The topological polar surface area (TPSA) is 0 Å². The van der Waals surface area contributed by atoms with Gasteiger partial charge in [0.05, 0.1) is 1.37 Å². The van der Waals surface area contributed by atoms with Crippen LogP contribution >= 0.6 is 0 Å². The van der Waals surface area contributed by atoms with Crippen LogP contribution in [0.4, 0.5) is 0 Å². The third-order valence-corrected chi connectivity index (χ3v) is 1.38. The quantitative estimate of drug-likeness (QED) is 0.491. The summed E-state index contributed by atoms with van der Waals surface area (Å²) < 4.78 is 22.6. The van der Waals surface area contributed by atoms with Crippen molar-refractivity contribution in [3.63, 3.8) is 0 Å². The lowest BCUT2D eigenvalue weighted by Gasteiger charge is -1.93. The van der Waals surface area contributed by atoms with Gasteiger partial charge >= 0.3 is 0 Å². The summed E-state index contributed by atoms with van der Waals surface area (Å²) in [6, 6.07) is 7.41. The highest BCUT2D eigenvalue weighted by atomic mass is 14.0. The molecule has 0 radical (unpaired) electrons. The fourth-order valence-electron chi connectivity index (χ4n) is 0.926. The van der Waals surface area contributed by atoms with Crippen molar-refractivity contribution in [2.24, 2.45) is 0 Å². The summed E-state index contributed by atoms with van der Waals surface area (Å²) in [6.07, 6.45) is -0.106. The Bertz CT molecular complexity index is 353. The van der Waals surface area contributed by atoms with E-state index in [-0.39, 0.29) is 6.05 Å². The molecule has 0 N–H and O–H groups in total. The van der Waals surface area contributed by atoms with Crippen LogP contribution in [0.15, 0.2) is 30.3 Å². The first-order chi connectivity index (χ1) is 5.61. The minimum Gasteiger partial charge on any atom is -0.0795 e. The molecule has 0 atom stereocenters. The van der Waals surface area contributed by atoms with E-state index in [1.54, 1.807) is 18.2 Å². The molecule has 0 saturated carbocycles. The highest BCUT2D eigenvalue weighted by molar-refractivity contribution is 5.59. The summed E-state index contributed by atoms with van der Waals surface area (Å²) >= 11 is 0. The molecule has 0 nitrogen and oxygen atoms in total. The average molecular weight is 119 g/mol. The lowest BCUT2D eigenvalue weighted by molar-refractivity contribution is 1.31. The van der Waals surface area contributed by atoms with Crippen molar-refractivity contribution < 1.29 is 4.11 Å². The predicted molar refractivity (Wildman–Crippen MR) is 39.2 cm³/mol. The molecule has 0 unspecified atom stereocenters. The van der Waals surface area contributed by atoms with E-state index >= 15 is 0 Å². The maximum Gasteiger partial charge on any atom is 0.0626 e. The average Bonchev–Trinajstić information content (AvgIpc) is 2.25. The van der Waals surface area contributed by atoms with Crippen molar-refractivity contribution >= 4 is 6.05 Å². The van der Waals surface area contributed by atoms with Gasteiger partial charge in [0.25, 0.3) is 0 Å². The van der Waals surface area contributed by atoms with Crippen LogP contribution in [0.3, 0.4) is 0 Å². The molecule has 1 aromatic rings. The third kappa shape index (κ3) is 0.672. The molecule has 0 heterocycles. The van der Waals surface area contributed by atoms with Gasteiger partial charge in [-0.15, -0.1) is 0 Å². The molecule has 0 aliphatic heterocycles. The van der Waals surface area contributed by atoms with Crippen LogP contribution in [0.2, 0.25) is 0 Å². The van der Waals surface area contributed by atoms with E-state index in [2.05, 4.69) is 0 Å². The van der Waals surface area contributed by atoms with E-state index in [1.165, 1.54) is 6.08 Å². The number of fused-ring (bicyclic) bond motifs is 1. The van der Waals surface area contributed by atoms with E-state index in [1.807, 2.05) is 6.07 Å². The number of hydrogen-bond acceptors (Lipinski definition) is 0. The van der Waals surface area contributed by atoms with E-state index < -0.39 is 6.37 Å². The molecule has 0 amide bonds. The largest absolute Gasteiger partial charge is 0.0795 e. The van der Waals surface area contributed by atoms with Gasteiger partial charge < -0.3 is 0 Å². The Balaban J connectivity index is 2.68. The zero-order valence-corrected chi connectivity index (χ0v) is 4.89. The number of benzene rings is 1. The second-order valence-corrected chi connectivity index (χ2v) is 1.98. The highest BCUT2D eigenvalue weighted by Crippen LogP contribution is 2.17. The summed E-state index contributed by atoms with van der Waals surface area (Å²) in [5.74, 6) is 0. The zero-order valence-electron chi connectivity index (χ0n) is 7.89. The summed E-state index contributed by atoms with van der Waals surface area (Å²) in [6.45, 7) is 0. The highest BCUT2D eigenvalue weighted by Gasteiger charge is 2.00. The minimum absolute atomic E-state index is 0.288. The van der Waals surface area contributed by atoms with Crippen molar-refractivity contribution in [2.75, 3.05) is 0 Å². The molecule has 0 spiro atoms. The van der Waals surface area contributed by atoms with E-state index in [0.717, 1.165) is 0 Å². The summed E-state index contributed by atoms with van der Waals surface area (Å²) in [5, 5.41) is 0. The molecular formula is C9H8. The van der Waals surface area contributed by atoms with Crippen molar-refractivity contribution in [2.45, 2.75) is 6.37 Å². The van der Waals surface area contributed by atoms with Crippen molar-refractivity contribution in [3.8, 4) is 0 Å². The van der Waals surface area contributed by atoms with Gasteiger partial charge in [-0.25, -0.2) is 0 Å². The molecular weight excluding hydrogens is 108 g/mol. The fraction of sp³-hybridized carbons (Fsp3) is 0.111. The van der Waals surface area contributed by atoms with Crippen molar-refractivity contribution in [3.05, 3.63) is 41.5 Å². The molecule has 1 aromatic carbocycles. The lowest BCUT2D eigenvalue weighted by atomic mass is 10.1. The van der Waals surface area contributed by atoms with Crippen molar-refractivity contribution in [1.29, 1.82) is 0 Å². The van der Waals surface area contributed by atoms with Gasteiger partial charge in [0.2, 0.25) is 0 Å². The van der Waals surface area contributed by atoms with Gasteiger partial charge in [-0.2, -0.15) is 0 Å². The smallest absolute Gasteiger partial charge is 0.0626 e. The Labute approximate surface area is 59.0 Å². The van der Waals surface area contributed by atoms with Crippen LogP contribution in [0.25, 0.3) is 6.05 Å². The van der Waals surface area contributed by atoms with Gasteiger partial charge in [-0.3, -0.25) is 0 Å². The number of allylic oxidation sites excluding steroid dienone is 1. The van der Waals surface area contributed by atoms with Crippen LogP contribution in [-0.2, 0) is 6.37 Å². The molecule has 0 saturated heterocycles. The number of hydrogen-bond donors (Lipinski definition) is 0. The van der Waals surface area contributed by atoms with E-state index in [4.69, 9.17) is 4.11 Å².